The molecule has 0 aromatic carbocycles. The summed E-state index contributed by atoms with van der Waals surface area (Å²) in [5.74, 6) is 0.777. The minimum Gasteiger partial charge on any atom is -0.195 e. The van der Waals surface area contributed by atoms with Gasteiger partial charge in [0.2, 0.25) is 0 Å². The van der Waals surface area contributed by atoms with Gasteiger partial charge in [-0.1, -0.05) is 6.92 Å². The number of halogens is 1. The van der Waals surface area contributed by atoms with Gasteiger partial charge in [0.25, 0.3) is 9.24 Å². The maximum absolute atomic E-state index is 10.9. The van der Waals surface area contributed by atoms with Crippen molar-refractivity contribution in [2.75, 3.05) is 19.1 Å². The van der Waals surface area contributed by atoms with Crippen LogP contribution in [0, 0.1) is 0 Å². The van der Waals surface area contributed by atoms with E-state index in [9.17, 15) is 8.42 Å². The van der Waals surface area contributed by atoms with E-state index >= 15 is 0 Å². The van der Waals surface area contributed by atoms with Crippen LogP contribution in [0.3, 0.4) is 0 Å². The lowest BCUT2D eigenvalue weighted by Crippen LogP contribution is -2.35. The third-order valence-electron chi connectivity index (χ3n) is 1.69. The van der Waals surface area contributed by atoms with Crippen molar-refractivity contribution in [2.45, 2.75) is 19.4 Å². The van der Waals surface area contributed by atoms with Gasteiger partial charge in [0, 0.05) is 29.5 Å². The van der Waals surface area contributed by atoms with Crippen molar-refractivity contribution >= 4 is 31.7 Å². The molecule has 0 saturated carbocycles. The molecule has 0 heterocycles. The monoisotopic (exact) mass is 231 g/mol. The lowest BCUT2D eigenvalue weighted by Gasteiger charge is -2.22. The van der Waals surface area contributed by atoms with Gasteiger partial charge in [-0.05, 0) is 12.7 Å². The number of thioether (sulfide) groups is 1. The summed E-state index contributed by atoms with van der Waals surface area (Å²) in [6, 6.07) is 0.00231. The molecule has 0 bridgehead atoms. The lowest BCUT2D eigenvalue weighted by molar-refractivity contribution is 0.394. The minimum atomic E-state index is -3.54. The fourth-order valence-corrected chi connectivity index (χ4v) is 2.71. The van der Waals surface area contributed by atoms with Crippen molar-refractivity contribution in [1.29, 1.82) is 0 Å². The van der Waals surface area contributed by atoms with Crippen molar-refractivity contribution in [1.82, 2.24) is 4.31 Å². The van der Waals surface area contributed by atoms with Gasteiger partial charge < -0.3 is 0 Å². The van der Waals surface area contributed by atoms with Gasteiger partial charge in [-0.2, -0.15) is 24.5 Å². The highest BCUT2D eigenvalue weighted by Gasteiger charge is 2.21. The van der Waals surface area contributed by atoms with E-state index < -0.39 is 9.24 Å². The van der Waals surface area contributed by atoms with Crippen LogP contribution in [0.4, 0.5) is 0 Å². The van der Waals surface area contributed by atoms with E-state index in [1.165, 1.54) is 11.4 Å². The van der Waals surface area contributed by atoms with Crippen molar-refractivity contribution < 1.29 is 8.42 Å². The van der Waals surface area contributed by atoms with Gasteiger partial charge in [-0.15, -0.1) is 0 Å². The topological polar surface area (TPSA) is 37.4 Å². The third-order valence-corrected chi connectivity index (χ3v) is 4.05. The van der Waals surface area contributed by atoms with E-state index in [1.54, 1.807) is 11.8 Å². The molecule has 0 spiro atoms. The summed E-state index contributed by atoms with van der Waals surface area (Å²) in [5.41, 5.74) is 0. The molecule has 0 saturated heterocycles. The maximum Gasteiger partial charge on any atom is 0.299 e. The minimum absolute atomic E-state index is 0.00231. The van der Waals surface area contributed by atoms with Crippen LogP contribution in [0.5, 0.6) is 0 Å². The lowest BCUT2D eigenvalue weighted by atomic mass is 10.3. The Morgan fingerprint density at radius 2 is 2.08 bits per heavy atom. The van der Waals surface area contributed by atoms with E-state index in [-0.39, 0.29) is 6.04 Å². The van der Waals surface area contributed by atoms with E-state index in [4.69, 9.17) is 10.7 Å². The summed E-state index contributed by atoms with van der Waals surface area (Å²) in [7, 11) is 3.14. The summed E-state index contributed by atoms with van der Waals surface area (Å²) in [4.78, 5) is 0. The largest absolute Gasteiger partial charge is 0.299 e. The molecule has 0 N–H and O–H groups in total. The molecule has 0 aliphatic heterocycles. The Kier molecular flexibility index (Phi) is 5.56. The molecule has 0 aromatic heterocycles. The van der Waals surface area contributed by atoms with Crippen molar-refractivity contribution in [3.63, 3.8) is 0 Å². The first kappa shape index (κ1) is 12.6. The third kappa shape index (κ3) is 3.98. The van der Waals surface area contributed by atoms with Crippen LogP contribution in [-0.2, 0) is 9.24 Å². The van der Waals surface area contributed by atoms with Crippen LogP contribution in [0.1, 0.15) is 13.3 Å². The molecule has 0 aliphatic rings. The molecule has 6 heteroatoms. The zero-order valence-electron chi connectivity index (χ0n) is 7.45. The highest BCUT2D eigenvalue weighted by atomic mass is 35.7. The Hall–Kier alpha value is 0.550. The SMILES string of the molecule is CCC(CSC)N(C)S(=O)(=O)Cl. The molecule has 1 atom stereocenters. The van der Waals surface area contributed by atoms with Crippen LogP contribution in [-0.4, -0.2) is 37.8 Å². The Labute approximate surface area is 83.0 Å². The predicted octanol–water partition coefficient (Wildman–Crippen LogP) is 1.54. The van der Waals surface area contributed by atoms with Crippen LogP contribution in [0.2, 0.25) is 0 Å². The number of hydrogen-bond acceptors (Lipinski definition) is 3. The molecule has 0 aromatic rings. The standard InChI is InChI=1S/C6H14ClNO2S2/c1-4-6(5-11-3)8(2)12(7,9)10/h6H,4-5H2,1-3H3. The fourth-order valence-electron chi connectivity index (χ4n) is 0.850. The van der Waals surface area contributed by atoms with E-state index in [0.29, 0.717) is 0 Å². The number of rotatable bonds is 5. The molecule has 12 heavy (non-hydrogen) atoms. The number of hydrogen-bond donors (Lipinski definition) is 0. The van der Waals surface area contributed by atoms with Crippen molar-refractivity contribution in [3.05, 3.63) is 0 Å². The zero-order chi connectivity index (χ0) is 9.78. The summed E-state index contributed by atoms with van der Waals surface area (Å²) >= 11 is 1.61. The summed E-state index contributed by atoms with van der Waals surface area (Å²) < 4.78 is 23.0. The summed E-state index contributed by atoms with van der Waals surface area (Å²) in [5, 5.41) is 0. The van der Waals surface area contributed by atoms with Gasteiger partial charge in [0.15, 0.2) is 0 Å². The normalized spacial score (nSPS) is 15.1. The van der Waals surface area contributed by atoms with Gasteiger partial charge >= 0.3 is 0 Å². The zero-order valence-corrected chi connectivity index (χ0v) is 9.84. The fraction of sp³-hybridized carbons (Fsp3) is 1.00. The highest BCUT2D eigenvalue weighted by Crippen LogP contribution is 2.14. The van der Waals surface area contributed by atoms with Crippen LogP contribution < -0.4 is 0 Å². The van der Waals surface area contributed by atoms with E-state index in [1.807, 2.05) is 13.2 Å². The first-order chi connectivity index (χ1) is 5.43. The first-order valence-corrected chi connectivity index (χ1v) is 7.26. The van der Waals surface area contributed by atoms with Gasteiger partial charge in [0.1, 0.15) is 0 Å². The predicted molar refractivity (Wildman–Crippen MR) is 55.0 cm³/mol. The van der Waals surface area contributed by atoms with Gasteiger partial charge in [-0.3, -0.25) is 0 Å². The maximum atomic E-state index is 10.9. The van der Waals surface area contributed by atoms with Crippen LogP contribution in [0.15, 0.2) is 0 Å². The van der Waals surface area contributed by atoms with E-state index in [2.05, 4.69) is 0 Å². The average Bonchev–Trinajstić information content (AvgIpc) is 1.97. The molecular weight excluding hydrogens is 218 g/mol. The Balaban J connectivity index is 4.31. The van der Waals surface area contributed by atoms with Crippen molar-refractivity contribution in [3.8, 4) is 0 Å². The molecule has 0 fully saturated rings. The molecule has 0 radical (unpaired) electrons. The summed E-state index contributed by atoms with van der Waals surface area (Å²) in [6.45, 7) is 1.94. The molecule has 0 aliphatic carbocycles. The molecule has 3 nitrogen and oxygen atoms in total. The second-order valence-electron chi connectivity index (χ2n) is 2.48. The quantitative estimate of drug-likeness (QED) is 0.674. The average molecular weight is 232 g/mol. The summed E-state index contributed by atoms with van der Waals surface area (Å²) in [6.07, 6.45) is 2.72. The smallest absolute Gasteiger partial charge is 0.195 e. The van der Waals surface area contributed by atoms with Crippen molar-refractivity contribution in [2.24, 2.45) is 0 Å². The molecule has 74 valence electrons. The Morgan fingerprint density at radius 3 is 2.33 bits per heavy atom. The molecule has 0 rings (SSSR count). The molecule has 0 amide bonds. The molecular formula is C6H14ClNO2S2. The van der Waals surface area contributed by atoms with Crippen LogP contribution in [0.25, 0.3) is 0 Å². The Bertz CT molecular complexity index is 218. The van der Waals surface area contributed by atoms with Crippen LogP contribution >= 0.6 is 22.4 Å². The second-order valence-corrected chi connectivity index (χ2v) is 5.96. The van der Waals surface area contributed by atoms with Gasteiger partial charge in [-0.25, -0.2) is 0 Å². The Morgan fingerprint density at radius 1 is 1.58 bits per heavy atom. The highest BCUT2D eigenvalue weighted by molar-refractivity contribution is 8.11. The second kappa shape index (κ2) is 5.32. The molecule has 1 unspecified atom stereocenters. The number of nitrogens with zero attached hydrogens (tertiary/aromatic N) is 1. The first-order valence-electron chi connectivity index (χ1n) is 3.60. The van der Waals surface area contributed by atoms with Gasteiger partial charge in [0.05, 0.1) is 0 Å². The van der Waals surface area contributed by atoms with E-state index in [0.717, 1.165) is 12.2 Å².